The largest absolute Gasteiger partial charge is 0.497 e. The van der Waals surface area contributed by atoms with Crippen LogP contribution in [-0.4, -0.2) is 24.2 Å². The van der Waals surface area contributed by atoms with Gasteiger partial charge in [0, 0.05) is 11.3 Å². The molecule has 0 saturated heterocycles. The van der Waals surface area contributed by atoms with Gasteiger partial charge in [0.1, 0.15) is 22.9 Å². The Hall–Kier alpha value is -1.79. The quantitative estimate of drug-likeness (QED) is 0.525. The standard InChI is InChI=1S/C15H14N2O2S2/c1-18-11-3-4-13(19-2)10(7-11)8-21-15-14-12(5-6-20-14)16-9-17-15/h3-7,9H,8H2,1-2H3. The van der Waals surface area contributed by atoms with Crippen LogP contribution < -0.4 is 9.47 Å². The molecule has 3 aromatic rings. The molecule has 2 aromatic heterocycles. The Kier molecular flexibility index (Phi) is 4.26. The maximum Gasteiger partial charge on any atom is 0.123 e. The van der Waals surface area contributed by atoms with Gasteiger partial charge >= 0.3 is 0 Å². The van der Waals surface area contributed by atoms with E-state index in [0.717, 1.165) is 38.1 Å². The van der Waals surface area contributed by atoms with Crippen molar-refractivity contribution in [3.8, 4) is 11.5 Å². The fourth-order valence-electron chi connectivity index (χ4n) is 2.01. The number of thiophene rings is 1. The van der Waals surface area contributed by atoms with Crippen molar-refractivity contribution in [3.05, 3.63) is 41.5 Å². The van der Waals surface area contributed by atoms with Crippen molar-refractivity contribution in [1.82, 2.24) is 9.97 Å². The third kappa shape index (κ3) is 2.96. The molecule has 0 atom stereocenters. The van der Waals surface area contributed by atoms with Gasteiger partial charge in [-0.1, -0.05) is 11.8 Å². The molecule has 0 bridgehead atoms. The number of methoxy groups -OCH3 is 2. The first-order valence-electron chi connectivity index (χ1n) is 6.33. The molecule has 2 heterocycles. The number of rotatable bonds is 5. The van der Waals surface area contributed by atoms with Crippen molar-refractivity contribution in [3.63, 3.8) is 0 Å². The minimum absolute atomic E-state index is 0.768. The number of aromatic nitrogens is 2. The summed E-state index contributed by atoms with van der Waals surface area (Å²) in [6, 6.07) is 7.83. The zero-order valence-corrected chi connectivity index (χ0v) is 13.3. The first kappa shape index (κ1) is 14.2. The van der Waals surface area contributed by atoms with Gasteiger partial charge in [0.05, 0.1) is 24.4 Å². The second-order valence-corrected chi connectivity index (χ2v) is 6.16. The molecule has 0 N–H and O–H groups in total. The van der Waals surface area contributed by atoms with E-state index in [4.69, 9.17) is 9.47 Å². The van der Waals surface area contributed by atoms with E-state index in [0.29, 0.717) is 0 Å². The summed E-state index contributed by atoms with van der Waals surface area (Å²) in [5.41, 5.74) is 2.08. The molecule has 108 valence electrons. The van der Waals surface area contributed by atoms with E-state index in [-0.39, 0.29) is 0 Å². The molecule has 0 radical (unpaired) electrons. The van der Waals surface area contributed by atoms with Gasteiger partial charge in [-0.15, -0.1) is 11.3 Å². The topological polar surface area (TPSA) is 44.2 Å². The van der Waals surface area contributed by atoms with E-state index in [1.807, 2.05) is 29.6 Å². The Morgan fingerprint density at radius 1 is 1.14 bits per heavy atom. The van der Waals surface area contributed by atoms with Gasteiger partial charge in [0.15, 0.2) is 0 Å². The normalized spacial score (nSPS) is 10.8. The van der Waals surface area contributed by atoms with Crippen molar-refractivity contribution >= 4 is 33.3 Å². The van der Waals surface area contributed by atoms with Gasteiger partial charge < -0.3 is 9.47 Å². The second-order valence-electron chi connectivity index (χ2n) is 4.28. The van der Waals surface area contributed by atoms with Crippen LogP contribution in [0.5, 0.6) is 11.5 Å². The van der Waals surface area contributed by atoms with E-state index in [2.05, 4.69) is 9.97 Å². The lowest BCUT2D eigenvalue weighted by molar-refractivity contribution is 0.400. The maximum absolute atomic E-state index is 5.41. The van der Waals surface area contributed by atoms with Crippen molar-refractivity contribution in [2.75, 3.05) is 14.2 Å². The summed E-state index contributed by atoms with van der Waals surface area (Å²) in [6.45, 7) is 0. The summed E-state index contributed by atoms with van der Waals surface area (Å²) in [7, 11) is 3.34. The number of fused-ring (bicyclic) bond motifs is 1. The molecule has 0 fully saturated rings. The molecule has 0 aliphatic heterocycles. The molecule has 0 spiro atoms. The lowest BCUT2D eigenvalue weighted by atomic mass is 10.2. The third-order valence-corrected chi connectivity index (χ3v) is 5.14. The molecular weight excluding hydrogens is 304 g/mol. The Morgan fingerprint density at radius 2 is 2.05 bits per heavy atom. The van der Waals surface area contributed by atoms with Gasteiger partial charge in [-0.05, 0) is 29.6 Å². The maximum atomic E-state index is 5.41. The van der Waals surface area contributed by atoms with Gasteiger partial charge in [0.2, 0.25) is 0 Å². The van der Waals surface area contributed by atoms with Gasteiger partial charge in [-0.3, -0.25) is 0 Å². The Balaban J connectivity index is 1.86. The monoisotopic (exact) mass is 318 g/mol. The van der Waals surface area contributed by atoms with E-state index in [1.54, 1.807) is 43.6 Å². The van der Waals surface area contributed by atoms with Crippen LogP contribution in [0.15, 0.2) is 41.0 Å². The van der Waals surface area contributed by atoms with Crippen molar-refractivity contribution in [2.24, 2.45) is 0 Å². The highest BCUT2D eigenvalue weighted by Gasteiger charge is 2.09. The van der Waals surface area contributed by atoms with Gasteiger partial charge in [-0.2, -0.15) is 0 Å². The van der Waals surface area contributed by atoms with Crippen LogP contribution in [0, 0.1) is 0 Å². The minimum Gasteiger partial charge on any atom is -0.497 e. The summed E-state index contributed by atoms with van der Waals surface area (Å²) in [5.74, 6) is 2.46. The Bertz CT molecular complexity index is 758. The number of benzene rings is 1. The van der Waals surface area contributed by atoms with Crippen LogP contribution in [0.1, 0.15) is 5.56 Å². The third-order valence-electron chi connectivity index (χ3n) is 3.06. The Morgan fingerprint density at radius 3 is 2.86 bits per heavy atom. The molecule has 0 amide bonds. The summed E-state index contributed by atoms with van der Waals surface area (Å²) < 4.78 is 11.8. The SMILES string of the molecule is COc1ccc(OC)c(CSc2ncnc3ccsc23)c1. The first-order valence-corrected chi connectivity index (χ1v) is 8.20. The number of hydrogen-bond acceptors (Lipinski definition) is 6. The summed E-state index contributed by atoms with van der Waals surface area (Å²) in [4.78, 5) is 8.64. The van der Waals surface area contributed by atoms with Crippen molar-refractivity contribution < 1.29 is 9.47 Å². The molecule has 1 aromatic carbocycles. The molecular formula is C15H14N2O2S2. The molecule has 21 heavy (non-hydrogen) atoms. The highest BCUT2D eigenvalue weighted by molar-refractivity contribution is 7.98. The molecule has 0 aliphatic rings. The predicted octanol–water partition coefficient (Wildman–Crippen LogP) is 4.00. The van der Waals surface area contributed by atoms with Crippen molar-refractivity contribution in [2.45, 2.75) is 10.8 Å². The number of ether oxygens (including phenoxy) is 2. The highest BCUT2D eigenvalue weighted by Crippen LogP contribution is 2.34. The van der Waals surface area contributed by atoms with E-state index < -0.39 is 0 Å². The highest BCUT2D eigenvalue weighted by atomic mass is 32.2. The smallest absolute Gasteiger partial charge is 0.123 e. The number of hydrogen-bond donors (Lipinski definition) is 0. The van der Waals surface area contributed by atoms with Crippen LogP contribution in [-0.2, 0) is 5.75 Å². The van der Waals surface area contributed by atoms with Crippen LogP contribution >= 0.6 is 23.1 Å². The van der Waals surface area contributed by atoms with Crippen LogP contribution in [0.25, 0.3) is 10.2 Å². The predicted molar refractivity (Wildman–Crippen MR) is 86.5 cm³/mol. The summed E-state index contributed by atoms with van der Waals surface area (Å²) in [6.07, 6.45) is 1.61. The molecule has 0 saturated carbocycles. The molecule has 0 unspecified atom stereocenters. The summed E-state index contributed by atoms with van der Waals surface area (Å²) in [5, 5.41) is 3.04. The van der Waals surface area contributed by atoms with Crippen LogP contribution in [0.3, 0.4) is 0 Å². The molecule has 3 rings (SSSR count). The second kappa shape index (κ2) is 6.32. The van der Waals surface area contributed by atoms with E-state index in [9.17, 15) is 0 Å². The number of thioether (sulfide) groups is 1. The Labute approximate surface area is 131 Å². The molecule has 6 heteroatoms. The molecule has 0 aliphatic carbocycles. The average molecular weight is 318 g/mol. The average Bonchev–Trinajstić information content (AvgIpc) is 3.01. The first-order chi connectivity index (χ1) is 10.3. The number of nitrogens with zero attached hydrogens (tertiary/aromatic N) is 2. The summed E-state index contributed by atoms with van der Waals surface area (Å²) >= 11 is 3.35. The zero-order valence-electron chi connectivity index (χ0n) is 11.7. The fourth-order valence-corrected chi connectivity index (χ4v) is 3.93. The van der Waals surface area contributed by atoms with Crippen molar-refractivity contribution in [1.29, 1.82) is 0 Å². The lowest BCUT2D eigenvalue weighted by Gasteiger charge is -2.10. The van der Waals surface area contributed by atoms with Gasteiger partial charge in [0.25, 0.3) is 0 Å². The fraction of sp³-hybridized carbons (Fsp3) is 0.200. The van der Waals surface area contributed by atoms with E-state index in [1.165, 1.54) is 0 Å². The molecule has 4 nitrogen and oxygen atoms in total. The lowest BCUT2D eigenvalue weighted by Crippen LogP contribution is -1.93. The van der Waals surface area contributed by atoms with Gasteiger partial charge in [-0.25, -0.2) is 9.97 Å². The minimum atomic E-state index is 0.768. The van der Waals surface area contributed by atoms with Crippen LogP contribution in [0.4, 0.5) is 0 Å². The zero-order chi connectivity index (χ0) is 14.7. The van der Waals surface area contributed by atoms with E-state index >= 15 is 0 Å². The van der Waals surface area contributed by atoms with Crippen LogP contribution in [0.2, 0.25) is 0 Å².